The second kappa shape index (κ2) is 8.20. The Bertz CT molecular complexity index is 855. The van der Waals surface area contributed by atoms with Crippen molar-refractivity contribution in [2.24, 2.45) is 0 Å². The molecular weight excluding hydrogens is 330 g/mol. The van der Waals surface area contributed by atoms with Crippen LogP contribution in [-0.4, -0.2) is 29.3 Å². The number of hydrogen-bond donors (Lipinski definition) is 2. The molecule has 26 heavy (non-hydrogen) atoms. The van der Waals surface area contributed by atoms with Gasteiger partial charge in [0.25, 0.3) is 5.91 Å². The van der Waals surface area contributed by atoms with Gasteiger partial charge in [0.2, 0.25) is 0 Å². The van der Waals surface area contributed by atoms with Crippen molar-refractivity contribution in [3.8, 4) is 22.8 Å². The Morgan fingerprint density at radius 2 is 1.54 bits per heavy atom. The fourth-order valence-electron chi connectivity index (χ4n) is 2.47. The summed E-state index contributed by atoms with van der Waals surface area (Å²) in [6.07, 6.45) is 0. The Hall–Kier alpha value is -3.28. The van der Waals surface area contributed by atoms with Crippen LogP contribution < -0.4 is 14.8 Å². The molecule has 0 radical (unpaired) electrons. The van der Waals surface area contributed by atoms with Crippen LogP contribution in [0.1, 0.15) is 24.3 Å². The molecule has 0 unspecified atom stereocenters. The van der Waals surface area contributed by atoms with E-state index < -0.39 is 0 Å². The second-order valence-corrected chi connectivity index (χ2v) is 5.54. The quantitative estimate of drug-likeness (QED) is 0.671. The summed E-state index contributed by atoms with van der Waals surface area (Å²) >= 11 is 0. The second-order valence-electron chi connectivity index (χ2n) is 5.54. The Morgan fingerprint density at radius 1 is 0.962 bits per heavy atom. The highest BCUT2D eigenvalue weighted by Crippen LogP contribution is 2.22. The largest absolute Gasteiger partial charge is 0.494 e. The highest BCUT2D eigenvalue weighted by Gasteiger charge is 2.11. The van der Waals surface area contributed by atoms with E-state index in [0.717, 1.165) is 17.1 Å². The van der Waals surface area contributed by atoms with E-state index in [1.807, 2.05) is 50.2 Å². The number of anilines is 1. The number of amides is 1. The van der Waals surface area contributed by atoms with Gasteiger partial charge in [-0.15, -0.1) is 0 Å². The Morgan fingerprint density at radius 3 is 2.12 bits per heavy atom. The van der Waals surface area contributed by atoms with E-state index in [1.54, 1.807) is 18.2 Å². The normalized spacial score (nSPS) is 10.4. The predicted octanol–water partition coefficient (Wildman–Crippen LogP) is 4.13. The van der Waals surface area contributed by atoms with Gasteiger partial charge in [0.05, 0.1) is 18.9 Å². The predicted molar refractivity (Wildman–Crippen MR) is 101 cm³/mol. The third kappa shape index (κ3) is 4.22. The smallest absolute Gasteiger partial charge is 0.273 e. The number of benzene rings is 2. The van der Waals surface area contributed by atoms with E-state index in [0.29, 0.717) is 30.3 Å². The first-order chi connectivity index (χ1) is 12.7. The maximum absolute atomic E-state index is 12.4. The van der Waals surface area contributed by atoms with Crippen LogP contribution in [0.5, 0.6) is 11.5 Å². The summed E-state index contributed by atoms with van der Waals surface area (Å²) in [6.45, 7) is 5.10. The molecule has 6 heteroatoms. The highest BCUT2D eigenvalue weighted by molar-refractivity contribution is 6.03. The van der Waals surface area contributed by atoms with E-state index in [1.165, 1.54) is 0 Å². The summed E-state index contributed by atoms with van der Waals surface area (Å²) in [5, 5.41) is 9.83. The van der Waals surface area contributed by atoms with Crippen molar-refractivity contribution in [3.05, 3.63) is 60.3 Å². The molecule has 2 N–H and O–H groups in total. The Balaban J connectivity index is 1.67. The van der Waals surface area contributed by atoms with Crippen LogP contribution in [0.4, 0.5) is 5.69 Å². The number of hydrogen-bond acceptors (Lipinski definition) is 4. The third-order valence-corrected chi connectivity index (χ3v) is 3.71. The number of H-pyrrole nitrogens is 1. The number of nitrogens with zero attached hydrogens (tertiary/aromatic N) is 1. The molecule has 0 spiro atoms. The number of aromatic nitrogens is 2. The lowest BCUT2D eigenvalue weighted by atomic mass is 10.1. The number of carbonyl (C=O) groups is 1. The van der Waals surface area contributed by atoms with Gasteiger partial charge in [-0.05, 0) is 68.4 Å². The van der Waals surface area contributed by atoms with Gasteiger partial charge in [-0.25, -0.2) is 0 Å². The molecule has 3 aromatic rings. The van der Waals surface area contributed by atoms with Gasteiger partial charge >= 0.3 is 0 Å². The number of nitrogens with one attached hydrogen (secondary N) is 2. The van der Waals surface area contributed by atoms with Crippen LogP contribution in [-0.2, 0) is 0 Å². The van der Waals surface area contributed by atoms with Crippen LogP contribution in [0, 0.1) is 0 Å². The zero-order valence-electron chi connectivity index (χ0n) is 14.8. The minimum atomic E-state index is -0.251. The number of aromatic amines is 1. The van der Waals surface area contributed by atoms with Gasteiger partial charge in [0.1, 0.15) is 17.2 Å². The lowest BCUT2D eigenvalue weighted by molar-refractivity contribution is 0.102. The van der Waals surface area contributed by atoms with Crippen LogP contribution in [0.15, 0.2) is 54.6 Å². The van der Waals surface area contributed by atoms with Gasteiger partial charge < -0.3 is 14.8 Å². The van der Waals surface area contributed by atoms with Crippen molar-refractivity contribution in [2.75, 3.05) is 18.5 Å². The standard InChI is InChI=1S/C20H21N3O3/c1-3-25-16-9-5-14(6-10-16)18-13-19(23-22-18)20(24)21-15-7-11-17(12-8-15)26-4-2/h5-13H,3-4H2,1-2H3,(H,21,24)(H,22,23). The van der Waals surface area contributed by atoms with Gasteiger partial charge in [0.15, 0.2) is 0 Å². The van der Waals surface area contributed by atoms with Gasteiger partial charge in [-0.2, -0.15) is 5.10 Å². The number of carbonyl (C=O) groups excluding carboxylic acids is 1. The van der Waals surface area contributed by atoms with Crippen molar-refractivity contribution < 1.29 is 14.3 Å². The van der Waals surface area contributed by atoms with Gasteiger partial charge in [-0.1, -0.05) is 0 Å². The molecule has 1 amide bonds. The molecule has 0 aliphatic carbocycles. The van der Waals surface area contributed by atoms with E-state index in [9.17, 15) is 4.79 Å². The maximum Gasteiger partial charge on any atom is 0.273 e. The molecule has 1 heterocycles. The molecule has 0 saturated heterocycles. The minimum absolute atomic E-state index is 0.251. The molecule has 0 aliphatic rings. The summed E-state index contributed by atoms with van der Waals surface area (Å²) in [6, 6.07) is 16.5. The summed E-state index contributed by atoms with van der Waals surface area (Å²) in [7, 11) is 0. The summed E-state index contributed by atoms with van der Waals surface area (Å²) in [4.78, 5) is 12.4. The molecule has 3 rings (SSSR count). The molecule has 2 aromatic carbocycles. The van der Waals surface area contributed by atoms with Crippen molar-refractivity contribution in [1.82, 2.24) is 10.2 Å². The van der Waals surface area contributed by atoms with Crippen LogP contribution in [0.2, 0.25) is 0 Å². The highest BCUT2D eigenvalue weighted by atomic mass is 16.5. The van der Waals surface area contributed by atoms with E-state index in [4.69, 9.17) is 9.47 Å². The topological polar surface area (TPSA) is 76.2 Å². The van der Waals surface area contributed by atoms with E-state index in [2.05, 4.69) is 15.5 Å². The Kier molecular flexibility index (Phi) is 5.53. The Labute approximate surface area is 152 Å². The third-order valence-electron chi connectivity index (χ3n) is 3.71. The van der Waals surface area contributed by atoms with Crippen molar-refractivity contribution in [2.45, 2.75) is 13.8 Å². The van der Waals surface area contributed by atoms with E-state index in [-0.39, 0.29) is 5.91 Å². The average molecular weight is 351 g/mol. The summed E-state index contributed by atoms with van der Waals surface area (Å²) in [5.74, 6) is 1.32. The molecule has 0 aliphatic heterocycles. The van der Waals surface area contributed by atoms with Crippen LogP contribution in [0.3, 0.4) is 0 Å². The SMILES string of the molecule is CCOc1ccc(NC(=O)c2cc(-c3ccc(OCC)cc3)n[nH]2)cc1. The minimum Gasteiger partial charge on any atom is -0.494 e. The monoisotopic (exact) mass is 351 g/mol. The van der Waals surface area contributed by atoms with Crippen LogP contribution >= 0.6 is 0 Å². The lowest BCUT2D eigenvalue weighted by Gasteiger charge is -2.06. The first-order valence-electron chi connectivity index (χ1n) is 8.52. The van der Waals surface area contributed by atoms with Gasteiger partial charge in [-0.3, -0.25) is 9.89 Å². The number of rotatable bonds is 7. The summed E-state index contributed by atoms with van der Waals surface area (Å²) < 4.78 is 10.8. The molecule has 6 nitrogen and oxygen atoms in total. The van der Waals surface area contributed by atoms with Gasteiger partial charge in [0, 0.05) is 11.3 Å². The molecule has 0 bridgehead atoms. The molecule has 1 aromatic heterocycles. The van der Waals surface area contributed by atoms with Crippen molar-refractivity contribution >= 4 is 11.6 Å². The van der Waals surface area contributed by atoms with E-state index >= 15 is 0 Å². The summed E-state index contributed by atoms with van der Waals surface area (Å²) in [5.41, 5.74) is 2.69. The lowest BCUT2D eigenvalue weighted by Crippen LogP contribution is -2.12. The molecule has 0 atom stereocenters. The molecule has 134 valence electrons. The zero-order chi connectivity index (χ0) is 18.4. The fraction of sp³-hybridized carbons (Fsp3) is 0.200. The number of ether oxygens (including phenoxy) is 2. The molecule has 0 fully saturated rings. The fourth-order valence-corrected chi connectivity index (χ4v) is 2.47. The molecule has 0 saturated carbocycles. The average Bonchev–Trinajstić information content (AvgIpc) is 3.15. The first kappa shape index (κ1) is 17.5. The first-order valence-corrected chi connectivity index (χ1v) is 8.52. The zero-order valence-corrected chi connectivity index (χ0v) is 14.8. The van der Waals surface area contributed by atoms with Crippen molar-refractivity contribution in [3.63, 3.8) is 0 Å². The van der Waals surface area contributed by atoms with Crippen molar-refractivity contribution in [1.29, 1.82) is 0 Å². The van der Waals surface area contributed by atoms with Crippen LogP contribution in [0.25, 0.3) is 11.3 Å². The molecular formula is C20H21N3O3. The maximum atomic E-state index is 12.4.